The Bertz CT molecular complexity index is 596. The van der Waals surface area contributed by atoms with Gasteiger partial charge in [0.25, 0.3) is 0 Å². The zero-order chi connectivity index (χ0) is 14.5. The number of nitrogens with two attached hydrogens (primary N) is 1. The van der Waals surface area contributed by atoms with Gasteiger partial charge in [0, 0.05) is 19.2 Å². The van der Waals surface area contributed by atoms with Gasteiger partial charge < -0.3 is 10.6 Å². The van der Waals surface area contributed by atoms with Crippen LogP contribution < -0.4 is 10.6 Å². The fourth-order valence-corrected chi connectivity index (χ4v) is 1.96. The first kappa shape index (κ1) is 14.1. The van der Waals surface area contributed by atoms with Gasteiger partial charge in [-0.3, -0.25) is 4.79 Å². The summed E-state index contributed by atoms with van der Waals surface area (Å²) in [5, 5.41) is 0. The summed E-state index contributed by atoms with van der Waals surface area (Å²) in [6, 6.07) is 13.7. The number of amides is 1. The average molecular weight is 272 g/mol. The normalized spacial score (nSPS) is 10.3. The van der Waals surface area contributed by atoms with E-state index in [0.29, 0.717) is 24.2 Å². The molecule has 2 aromatic rings. The maximum Gasteiger partial charge on any atom is 0.227 e. The van der Waals surface area contributed by atoms with Crippen molar-refractivity contribution in [2.45, 2.75) is 12.8 Å². The summed E-state index contributed by atoms with van der Waals surface area (Å²) < 4.78 is 13.6. The summed E-state index contributed by atoms with van der Waals surface area (Å²) in [6.07, 6.45) is 0.937. The third-order valence-electron chi connectivity index (χ3n) is 3.20. The molecule has 1 amide bonds. The standard InChI is InChI=1S/C16H17FN2O/c1-19(15-5-3-2-4-14(15)17)16(20)11-8-12-6-9-13(18)10-7-12/h2-7,9-10H,8,11,18H2,1H3. The lowest BCUT2D eigenvalue weighted by Crippen LogP contribution is -2.27. The van der Waals surface area contributed by atoms with Gasteiger partial charge >= 0.3 is 0 Å². The molecule has 0 atom stereocenters. The first-order valence-corrected chi connectivity index (χ1v) is 6.43. The summed E-state index contributed by atoms with van der Waals surface area (Å²) in [5.41, 5.74) is 7.64. The molecule has 0 spiro atoms. The molecular formula is C16H17FN2O. The van der Waals surface area contributed by atoms with E-state index < -0.39 is 5.82 Å². The van der Waals surface area contributed by atoms with Gasteiger partial charge in [-0.05, 0) is 36.2 Å². The van der Waals surface area contributed by atoms with Gasteiger partial charge in [0.2, 0.25) is 5.91 Å². The smallest absolute Gasteiger partial charge is 0.227 e. The van der Waals surface area contributed by atoms with Crippen LogP contribution in [0.25, 0.3) is 0 Å². The van der Waals surface area contributed by atoms with Crippen LogP contribution >= 0.6 is 0 Å². The Labute approximate surface area is 117 Å². The predicted octanol–water partition coefficient (Wildman–Crippen LogP) is 3.00. The van der Waals surface area contributed by atoms with Gasteiger partial charge in [-0.1, -0.05) is 24.3 Å². The largest absolute Gasteiger partial charge is 0.399 e. The molecule has 2 N–H and O–H groups in total. The van der Waals surface area contributed by atoms with Crippen LogP contribution in [0, 0.1) is 5.82 Å². The van der Waals surface area contributed by atoms with Gasteiger partial charge in [-0.15, -0.1) is 0 Å². The molecule has 0 heterocycles. The van der Waals surface area contributed by atoms with E-state index in [2.05, 4.69) is 0 Å². The van der Waals surface area contributed by atoms with E-state index in [1.54, 1.807) is 37.4 Å². The van der Waals surface area contributed by atoms with E-state index in [1.807, 2.05) is 12.1 Å². The second-order valence-electron chi connectivity index (χ2n) is 4.65. The molecular weight excluding hydrogens is 255 g/mol. The van der Waals surface area contributed by atoms with E-state index in [1.165, 1.54) is 11.0 Å². The minimum absolute atomic E-state index is 0.119. The molecule has 104 valence electrons. The molecule has 0 unspecified atom stereocenters. The Balaban J connectivity index is 1.98. The number of anilines is 2. The lowest BCUT2D eigenvalue weighted by Gasteiger charge is -2.17. The van der Waals surface area contributed by atoms with Crippen LogP contribution in [0.4, 0.5) is 15.8 Å². The van der Waals surface area contributed by atoms with E-state index in [4.69, 9.17) is 5.73 Å². The molecule has 0 aromatic heterocycles. The fraction of sp³-hybridized carbons (Fsp3) is 0.188. The van der Waals surface area contributed by atoms with Gasteiger partial charge in [0.1, 0.15) is 5.82 Å². The third-order valence-corrected chi connectivity index (χ3v) is 3.20. The van der Waals surface area contributed by atoms with E-state index in [9.17, 15) is 9.18 Å². The molecule has 4 heteroatoms. The summed E-state index contributed by atoms with van der Waals surface area (Å²) in [6.45, 7) is 0. The number of para-hydroxylation sites is 1. The van der Waals surface area contributed by atoms with Crippen LogP contribution in [0.1, 0.15) is 12.0 Å². The number of rotatable bonds is 4. The molecule has 3 nitrogen and oxygen atoms in total. The first-order valence-electron chi connectivity index (χ1n) is 6.43. The third kappa shape index (κ3) is 3.35. The number of hydrogen-bond donors (Lipinski definition) is 1. The molecule has 0 bridgehead atoms. The Morgan fingerprint density at radius 1 is 1.15 bits per heavy atom. The maximum absolute atomic E-state index is 13.6. The molecule has 2 rings (SSSR count). The number of halogens is 1. The van der Waals surface area contributed by atoms with Crippen molar-refractivity contribution in [2.75, 3.05) is 17.7 Å². The van der Waals surface area contributed by atoms with Gasteiger partial charge in [-0.25, -0.2) is 4.39 Å². The highest BCUT2D eigenvalue weighted by Gasteiger charge is 2.14. The zero-order valence-corrected chi connectivity index (χ0v) is 11.3. The molecule has 0 radical (unpaired) electrons. The highest BCUT2D eigenvalue weighted by Crippen LogP contribution is 2.18. The SMILES string of the molecule is CN(C(=O)CCc1ccc(N)cc1)c1ccccc1F. The van der Waals surface area contributed by atoms with Crippen molar-refractivity contribution in [2.24, 2.45) is 0 Å². The number of hydrogen-bond acceptors (Lipinski definition) is 2. The molecule has 20 heavy (non-hydrogen) atoms. The predicted molar refractivity (Wildman–Crippen MR) is 79.0 cm³/mol. The van der Waals surface area contributed by atoms with Crippen molar-refractivity contribution in [1.29, 1.82) is 0 Å². The maximum atomic E-state index is 13.6. The Kier molecular flexibility index (Phi) is 4.35. The summed E-state index contributed by atoms with van der Waals surface area (Å²) in [4.78, 5) is 13.4. The zero-order valence-electron chi connectivity index (χ0n) is 11.3. The first-order chi connectivity index (χ1) is 9.58. The Morgan fingerprint density at radius 2 is 1.80 bits per heavy atom. The molecule has 0 aliphatic carbocycles. The number of aryl methyl sites for hydroxylation is 1. The van der Waals surface area contributed by atoms with Crippen molar-refractivity contribution in [3.8, 4) is 0 Å². The second-order valence-corrected chi connectivity index (χ2v) is 4.65. The summed E-state index contributed by atoms with van der Waals surface area (Å²) >= 11 is 0. The number of nitrogen functional groups attached to an aromatic ring is 1. The van der Waals surface area contributed by atoms with Gasteiger partial charge in [0.15, 0.2) is 0 Å². The minimum Gasteiger partial charge on any atom is -0.399 e. The van der Waals surface area contributed by atoms with Gasteiger partial charge in [0.05, 0.1) is 5.69 Å². The number of benzene rings is 2. The molecule has 0 aliphatic rings. The van der Waals surface area contributed by atoms with Crippen LogP contribution in [-0.4, -0.2) is 13.0 Å². The van der Waals surface area contributed by atoms with Crippen LogP contribution in [0.15, 0.2) is 48.5 Å². The van der Waals surface area contributed by atoms with Crippen molar-refractivity contribution in [3.63, 3.8) is 0 Å². The van der Waals surface area contributed by atoms with Crippen molar-refractivity contribution in [3.05, 3.63) is 59.9 Å². The molecule has 0 aliphatic heterocycles. The highest BCUT2D eigenvalue weighted by atomic mass is 19.1. The number of carbonyl (C=O) groups is 1. The van der Waals surface area contributed by atoms with Crippen LogP contribution in [0.5, 0.6) is 0 Å². The summed E-state index contributed by atoms with van der Waals surface area (Å²) in [5.74, 6) is -0.511. The number of nitrogens with zero attached hydrogens (tertiary/aromatic N) is 1. The van der Waals surface area contributed by atoms with Crippen molar-refractivity contribution in [1.82, 2.24) is 0 Å². The van der Waals surface area contributed by atoms with Crippen LogP contribution in [-0.2, 0) is 11.2 Å². The molecule has 0 fully saturated rings. The van der Waals surface area contributed by atoms with E-state index >= 15 is 0 Å². The molecule has 0 saturated heterocycles. The lowest BCUT2D eigenvalue weighted by atomic mass is 10.1. The van der Waals surface area contributed by atoms with Gasteiger partial charge in [-0.2, -0.15) is 0 Å². The average Bonchev–Trinajstić information content (AvgIpc) is 2.46. The van der Waals surface area contributed by atoms with E-state index in [0.717, 1.165) is 5.56 Å². The molecule has 2 aromatic carbocycles. The monoisotopic (exact) mass is 272 g/mol. The lowest BCUT2D eigenvalue weighted by molar-refractivity contribution is -0.118. The second kappa shape index (κ2) is 6.19. The van der Waals surface area contributed by atoms with Crippen LogP contribution in [0.3, 0.4) is 0 Å². The molecule has 0 saturated carbocycles. The summed E-state index contributed by atoms with van der Waals surface area (Å²) in [7, 11) is 1.59. The number of carbonyl (C=O) groups excluding carboxylic acids is 1. The Morgan fingerprint density at radius 3 is 2.45 bits per heavy atom. The van der Waals surface area contributed by atoms with Crippen molar-refractivity contribution < 1.29 is 9.18 Å². The quantitative estimate of drug-likeness (QED) is 0.870. The fourth-order valence-electron chi connectivity index (χ4n) is 1.96. The van der Waals surface area contributed by atoms with Crippen molar-refractivity contribution >= 4 is 17.3 Å². The minimum atomic E-state index is -0.393. The highest BCUT2D eigenvalue weighted by molar-refractivity contribution is 5.93. The topological polar surface area (TPSA) is 46.3 Å². The Hall–Kier alpha value is -2.36. The van der Waals surface area contributed by atoms with E-state index in [-0.39, 0.29) is 5.91 Å². The van der Waals surface area contributed by atoms with Crippen LogP contribution in [0.2, 0.25) is 0 Å².